The number of likely N-dealkylation sites (N-methyl/N-ethyl adjacent to an activating group) is 1. The highest BCUT2D eigenvalue weighted by Crippen LogP contribution is 2.14. The van der Waals surface area contributed by atoms with Crippen LogP contribution in [-0.4, -0.2) is 72.9 Å². The molecular formula is C20H42N2O3. The minimum absolute atomic E-state index is 0.0741. The molecule has 0 aromatic carbocycles. The van der Waals surface area contributed by atoms with Crippen molar-refractivity contribution < 1.29 is 14.6 Å². The van der Waals surface area contributed by atoms with Crippen LogP contribution in [0.2, 0.25) is 0 Å². The number of carbonyl (C=O) groups excluding carboxylic acids is 1. The molecule has 0 aromatic rings. The van der Waals surface area contributed by atoms with Crippen molar-refractivity contribution >= 4 is 5.97 Å². The molecule has 0 aliphatic heterocycles. The molecule has 1 unspecified atom stereocenters. The number of esters is 1. The molecule has 0 saturated heterocycles. The van der Waals surface area contributed by atoms with E-state index in [1.807, 2.05) is 6.92 Å². The summed E-state index contributed by atoms with van der Waals surface area (Å²) in [7, 11) is 0. The van der Waals surface area contributed by atoms with Gasteiger partial charge in [0.15, 0.2) is 0 Å². The third-order valence-corrected chi connectivity index (χ3v) is 4.82. The Morgan fingerprint density at radius 2 is 1.56 bits per heavy atom. The third kappa shape index (κ3) is 11.6. The standard InChI is InChI=1S/C20H42N2O3/c1-5-9-10-11-12-13-14-19(20(24)25-8-4)22(17-18-23)16-15-21(6-2)7-3/h19,23H,5-18H2,1-4H3. The van der Waals surface area contributed by atoms with E-state index in [0.717, 1.165) is 39.0 Å². The first kappa shape index (κ1) is 24.4. The van der Waals surface area contributed by atoms with E-state index in [1.54, 1.807) is 0 Å². The largest absolute Gasteiger partial charge is 0.465 e. The monoisotopic (exact) mass is 358 g/mol. The highest BCUT2D eigenvalue weighted by molar-refractivity contribution is 5.75. The van der Waals surface area contributed by atoms with Gasteiger partial charge in [0.2, 0.25) is 0 Å². The fourth-order valence-electron chi connectivity index (χ4n) is 3.17. The normalized spacial score (nSPS) is 12.8. The van der Waals surface area contributed by atoms with Crippen LogP contribution in [0.25, 0.3) is 0 Å². The summed E-state index contributed by atoms with van der Waals surface area (Å²) in [5.74, 6) is -0.135. The number of aliphatic hydroxyl groups is 1. The predicted molar refractivity (Wildman–Crippen MR) is 105 cm³/mol. The van der Waals surface area contributed by atoms with Gasteiger partial charge >= 0.3 is 5.97 Å². The Hall–Kier alpha value is -0.650. The zero-order valence-electron chi connectivity index (χ0n) is 17.1. The van der Waals surface area contributed by atoms with E-state index >= 15 is 0 Å². The Labute approximate surface area is 155 Å². The first-order valence-electron chi connectivity index (χ1n) is 10.4. The van der Waals surface area contributed by atoms with Gasteiger partial charge in [-0.1, -0.05) is 59.3 Å². The molecule has 5 nitrogen and oxygen atoms in total. The van der Waals surface area contributed by atoms with Gasteiger partial charge in [-0.2, -0.15) is 0 Å². The van der Waals surface area contributed by atoms with E-state index in [-0.39, 0.29) is 18.6 Å². The number of carbonyl (C=O) groups is 1. The number of hydrogen-bond acceptors (Lipinski definition) is 5. The maximum Gasteiger partial charge on any atom is 0.323 e. The van der Waals surface area contributed by atoms with Gasteiger partial charge in [-0.3, -0.25) is 9.69 Å². The molecule has 25 heavy (non-hydrogen) atoms. The highest BCUT2D eigenvalue weighted by atomic mass is 16.5. The molecule has 0 amide bonds. The Kier molecular flexibility index (Phi) is 16.4. The van der Waals surface area contributed by atoms with Crippen LogP contribution in [0, 0.1) is 0 Å². The molecule has 150 valence electrons. The molecule has 0 bridgehead atoms. The average molecular weight is 359 g/mol. The Balaban J connectivity index is 4.64. The van der Waals surface area contributed by atoms with Gasteiger partial charge in [0.05, 0.1) is 13.2 Å². The molecule has 0 fully saturated rings. The van der Waals surface area contributed by atoms with Gasteiger partial charge < -0.3 is 14.7 Å². The van der Waals surface area contributed by atoms with E-state index < -0.39 is 0 Å². The van der Waals surface area contributed by atoms with Crippen molar-refractivity contribution in [1.82, 2.24) is 9.80 Å². The summed E-state index contributed by atoms with van der Waals surface area (Å²) < 4.78 is 5.31. The van der Waals surface area contributed by atoms with Crippen molar-refractivity contribution in [3.05, 3.63) is 0 Å². The predicted octanol–water partition coefficient (Wildman–Crippen LogP) is 3.30. The molecule has 0 aromatic heterocycles. The van der Waals surface area contributed by atoms with E-state index in [4.69, 9.17) is 4.74 Å². The van der Waals surface area contributed by atoms with Gasteiger partial charge in [0, 0.05) is 19.6 Å². The zero-order chi connectivity index (χ0) is 18.9. The highest BCUT2D eigenvalue weighted by Gasteiger charge is 2.26. The number of aliphatic hydroxyl groups excluding tert-OH is 1. The van der Waals surface area contributed by atoms with Crippen molar-refractivity contribution in [3.8, 4) is 0 Å². The minimum atomic E-state index is -0.228. The Morgan fingerprint density at radius 1 is 0.920 bits per heavy atom. The topological polar surface area (TPSA) is 53.0 Å². The van der Waals surface area contributed by atoms with Gasteiger partial charge in [-0.25, -0.2) is 0 Å². The number of hydrogen-bond donors (Lipinski definition) is 1. The third-order valence-electron chi connectivity index (χ3n) is 4.82. The summed E-state index contributed by atoms with van der Waals surface area (Å²) in [5, 5.41) is 9.44. The molecule has 0 saturated carbocycles. The summed E-state index contributed by atoms with van der Waals surface area (Å²) in [5.41, 5.74) is 0. The molecule has 1 atom stereocenters. The first-order valence-corrected chi connectivity index (χ1v) is 10.4. The second-order valence-electron chi connectivity index (χ2n) is 6.61. The van der Waals surface area contributed by atoms with E-state index in [1.165, 1.54) is 32.1 Å². The number of rotatable bonds is 17. The number of nitrogens with zero attached hydrogens (tertiary/aromatic N) is 2. The molecule has 0 spiro atoms. The van der Waals surface area contributed by atoms with Crippen LogP contribution in [0.5, 0.6) is 0 Å². The quantitative estimate of drug-likeness (QED) is 0.319. The van der Waals surface area contributed by atoms with E-state index in [9.17, 15) is 9.90 Å². The molecule has 0 radical (unpaired) electrons. The van der Waals surface area contributed by atoms with Crippen LogP contribution in [0.1, 0.15) is 72.6 Å². The van der Waals surface area contributed by atoms with Crippen LogP contribution in [0.4, 0.5) is 0 Å². The van der Waals surface area contributed by atoms with E-state index in [0.29, 0.717) is 13.2 Å². The summed E-state index contributed by atoms with van der Waals surface area (Å²) >= 11 is 0. The van der Waals surface area contributed by atoms with Gasteiger partial charge in [-0.05, 0) is 26.4 Å². The van der Waals surface area contributed by atoms with Crippen molar-refractivity contribution in [2.75, 3.05) is 45.9 Å². The Bertz CT molecular complexity index is 309. The molecule has 0 heterocycles. The zero-order valence-corrected chi connectivity index (χ0v) is 17.1. The lowest BCUT2D eigenvalue weighted by molar-refractivity contribution is -0.150. The molecule has 1 N–H and O–H groups in total. The van der Waals surface area contributed by atoms with Crippen molar-refractivity contribution in [2.24, 2.45) is 0 Å². The van der Waals surface area contributed by atoms with Gasteiger partial charge in [0.1, 0.15) is 6.04 Å². The van der Waals surface area contributed by atoms with Crippen LogP contribution in [-0.2, 0) is 9.53 Å². The number of unbranched alkanes of at least 4 members (excludes halogenated alkanes) is 5. The van der Waals surface area contributed by atoms with Crippen molar-refractivity contribution in [3.63, 3.8) is 0 Å². The van der Waals surface area contributed by atoms with Gasteiger partial charge in [-0.15, -0.1) is 0 Å². The molecule has 5 heteroatoms. The second-order valence-corrected chi connectivity index (χ2v) is 6.61. The smallest absolute Gasteiger partial charge is 0.323 e. The first-order chi connectivity index (χ1) is 12.1. The summed E-state index contributed by atoms with van der Waals surface area (Å²) in [6.07, 6.45) is 8.09. The van der Waals surface area contributed by atoms with Crippen LogP contribution in [0.3, 0.4) is 0 Å². The minimum Gasteiger partial charge on any atom is -0.465 e. The summed E-state index contributed by atoms with van der Waals surface area (Å²) in [6, 6.07) is -0.228. The van der Waals surface area contributed by atoms with Gasteiger partial charge in [0.25, 0.3) is 0 Å². The molecule has 0 aliphatic carbocycles. The second kappa shape index (κ2) is 16.8. The molecular weight excluding hydrogens is 316 g/mol. The fourth-order valence-corrected chi connectivity index (χ4v) is 3.17. The lowest BCUT2D eigenvalue weighted by Gasteiger charge is -2.31. The van der Waals surface area contributed by atoms with Crippen LogP contribution >= 0.6 is 0 Å². The van der Waals surface area contributed by atoms with Crippen molar-refractivity contribution in [1.29, 1.82) is 0 Å². The maximum absolute atomic E-state index is 12.5. The lowest BCUT2D eigenvalue weighted by atomic mass is 10.0. The average Bonchev–Trinajstić information content (AvgIpc) is 2.61. The van der Waals surface area contributed by atoms with Crippen molar-refractivity contribution in [2.45, 2.75) is 78.7 Å². The Morgan fingerprint density at radius 3 is 2.12 bits per heavy atom. The summed E-state index contributed by atoms with van der Waals surface area (Å²) in [4.78, 5) is 16.9. The lowest BCUT2D eigenvalue weighted by Crippen LogP contribution is -2.47. The molecule has 0 rings (SSSR count). The van der Waals surface area contributed by atoms with Crippen LogP contribution in [0.15, 0.2) is 0 Å². The van der Waals surface area contributed by atoms with E-state index in [2.05, 4.69) is 30.6 Å². The van der Waals surface area contributed by atoms with Crippen LogP contribution < -0.4 is 0 Å². The molecule has 0 aliphatic rings. The number of ether oxygens (including phenoxy) is 1. The fraction of sp³-hybridized carbons (Fsp3) is 0.950. The summed E-state index contributed by atoms with van der Waals surface area (Å²) in [6.45, 7) is 13.1. The maximum atomic E-state index is 12.5. The SMILES string of the molecule is CCCCCCCCC(C(=O)OCC)N(CCO)CCN(CC)CC.